The van der Waals surface area contributed by atoms with Crippen LogP contribution < -0.4 is 5.32 Å². The van der Waals surface area contributed by atoms with E-state index in [1.807, 2.05) is 13.8 Å². The summed E-state index contributed by atoms with van der Waals surface area (Å²) in [5, 5.41) is 3.54. The lowest BCUT2D eigenvalue weighted by Gasteiger charge is -2.06. The smallest absolute Gasteiger partial charge is 0.338 e. The number of ether oxygens (including phenoxy) is 1. The third-order valence-corrected chi connectivity index (χ3v) is 4.19. The van der Waals surface area contributed by atoms with Crippen LogP contribution in [-0.2, 0) is 16.0 Å². The zero-order chi connectivity index (χ0) is 17.5. The number of aromatic nitrogens is 2. The van der Waals surface area contributed by atoms with Crippen molar-refractivity contribution in [2.24, 2.45) is 0 Å². The molecule has 0 aliphatic heterocycles. The molecule has 0 saturated heterocycles. The number of benzene rings is 1. The first-order valence-corrected chi connectivity index (χ1v) is 8.77. The molecule has 1 aromatic heterocycles. The van der Waals surface area contributed by atoms with Crippen LogP contribution in [0.2, 0.25) is 0 Å². The Kier molecular flexibility index (Phi) is 6.43. The number of anilines is 1. The van der Waals surface area contributed by atoms with E-state index in [0.29, 0.717) is 17.9 Å². The normalized spacial score (nSPS) is 10.5. The number of nitrogens with zero attached hydrogens (tertiary/aromatic N) is 1. The number of amides is 1. The molecule has 0 aliphatic rings. The van der Waals surface area contributed by atoms with Gasteiger partial charge in [0, 0.05) is 11.4 Å². The number of nitrogens with one attached hydrogen (secondary N) is 2. The number of H-pyrrole nitrogens is 1. The standard InChI is InChI=1S/C17H21N3O3S/c1-4-14-11(3)18-17(20-14)24-10-15(21)19-13-8-6-12(7-9-13)16(22)23-5-2/h6-9H,4-5,10H2,1-3H3,(H,18,20)(H,19,21). The zero-order valence-electron chi connectivity index (χ0n) is 14.0. The summed E-state index contributed by atoms with van der Waals surface area (Å²) in [6.45, 7) is 6.11. The molecule has 128 valence electrons. The van der Waals surface area contributed by atoms with Gasteiger partial charge in [-0.2, -0.15) is 0 Å². The lowest BCUT2D eigenvalue weighted by Crippen LogP contribution is -2.14. The molecule has 7 heteroatoms. The fourth-order valence-corrected chi connectivity index (χ4v) is 2.85. The molecule has 0 atom stereocenters. The van der Waals surface area contributed by atoms with Crippen LogP contribution in [0.5, 0.6) is 0 Å². The van der Waals surface area contributed by atoms with Gasteiger partial charge in [-0.3, -0.25) is 4.79 Å². The van der Waals surface area contributed by atoms with Gasteiger partial charge in [0.1, 0.15) is 0 Å². The highest BCUT2D eigenvalue weighted by atomic mass is 32.2. The minimum Gasteiger partial charge on any atom is -0.462 e. The van der Waals surface area contributed by atoms with Gasteiger partial charge >= 0.3 is 5.97 Å². The number of carbonyl (C=O) groups is 2. The van der Waals surface area contributed by atoms with Crippen molar-refractivity contribution in [2.45, 2.75) is 32.3 Å². The van der Waals surface area contributed by atoms with Gasteiger partial charge in [-0.1, -0.05) is 18.7 Å². The Balaban J connectivity index is 1.86. The van der Waals surface area contributed by atoms with Crippen molar-refractivity contribution < 1.29 is 14.3 Å². The van der Waals surface area contributed by atoms with Gasteiger partial charge in [0.15, 0.2) is 5.16 Å². The maximum atomic E-state index is 12.0. The zero-order valence-corrected chi connectivity index (χ0v) is 14.8. The number of aryl methyl sites for hydroxylation is 2. The van der Waals surface area contributed by atoms with Crippen LogP contribution in [0.3, 0.4) is 0 Å². The van der Waals surface area contributed by atoms with E-state index in [0.717, 1.165) is 23.0 Å². The van der Waals surface area contributed by atoms with E-state index in [2.05, 4.69) is 15.3 Å². The van der Waals surface area contributed by atoms with Crippen LogP contribution in [0.1, 0.15) is 35.6 Å². The van der Waals surface area contributed by atoms with Crippen molar-refractivity contribution in [2.75, 3.05) is 17.7 Å². The fraction of sp³-hybridized carbons (Fsp3) is 0.353. The third-order valence-electron chi connectivity index (χ3n) is 3.32. The van der Waals surface area contributed by atoms with Gasteiger partial charge in [-0.15, -0.1) is 0 Å². The molecule has 6 nitrogen and oxygen atoms in total. The molecule has 0 bridgehead atoms. The molecule has 24 heavy (non-hydrogen) atoms. The molecular weight excluding hydrogens is 326 g/mol. The maximum Gasteiger partial charge on any atom is 0.338 e. The molecule has 2 rings (SSSR count). The van der Waals surface area contributed by atoms with Crippen molar-refractivity contribution in [1.29, 1.82) is 0 Å². The van der Waals surface area contributed by atoms with Gasteiger partial charge in [-0.05, 0) is 44.5 Å². The van der Waals surface area contributed by atoms with Crippen LogP contribution in [0, 0.1) is 6.92 Å². The monoisotopic (exact) mass is 347 g/mol. The van der Waals surface area contributed by atoms with Crippen LogP contribution in [0.15, 0.2) is 29.4 Å². The number of esters is 1. The molecule has 0 fully saturated rings. The molecule has 2 N–H and O–H groups in total. The fourth-order valence-electron chi connectivity index (χ4n) is 2.11. The first-order chi connectivity index (χ1) is 11.5. The Morgan fingerprint density at radius 1 is 1.25 bits per heavy atom. The summed E-state index contributed by atoms with van der Waals surface area (Å²) in [5.74, 6) is -0.239. The molecular formula is C17H21N3O3S. The summed E-state index contributed by atoms with van der Waals surface area (Å²) >= 11 is 1.36. The van der Waals surface area contributed by atoms with Gasteiger partial charge in [0.05, 0.1) is 23.6 Å². The minimum absolute atomic E-state index is 0.129. The van der Waals surface area contributed by atoms with Gasteiger partial charge in [0.25, 0.3) is 0 Å². The summed E-state index contributed by atoms with van der Waals surface area (Å²) in [4.78, 5) is 31.2. The van der Waals surface area contributed by atoms with E-state index in [9.17, 15) is 9.59 Å². The SMILES string of the molecule is CCOC(=O)c1ccc(NC(=O)CSc2nc(CC)c(C)[nH]2)cc1. The highest BCUT2D eigenvalue weighted by Gasteiger charge is 2.10. The van der Waals surface area contributed by atoms with Crippen LogP contribution in [-0.4, -0.2) is 34.2 Å². The van der Waals surface area contributed by atoms with E-state index in [-0.39, 0.29) is 17.6 Å². The predicted molar refractivity (Wildman–Crippen MR) is 94.5 cm³/mol. The van der Waals surface area contributed by atoms with Crippen molar-refractivity contribution in [3.8, 4) is 0 Å². The summed E-state index contributed by atoms with van der Waals surface area (Å²) in [5.41, 5.74) is 3.16. The topological polar surface area (TPSA) is 84.1 Å². The first kappa shape index (κ1) is 18.1. The average molecular weight is 347 g/mol. The summed E-state index contributed by atoms with van der Waals surface area (Å²) in [6, 6.07) is 6.62. The number of carbonyl (C=O) groups excluding carboxylic acids is 2. The lowest BCUT2D eigenvalue weighted by atomic mass is 10.2. The largest absolute Gasteiger partial charge is 0.462 e. The molecule has 2 aromatic rings. The molecule has 0 radical (unpaired) electrons. The third kappa shape index (κ3) is 4.86. The molecule has 0 spiro atoms. The van der Waals surface area contributed by atoms with Gasteiger partial charge < -0.3 is 15.0 Å². The molecule has 1 amide bonds. The van der Waals surface area contributed by atoms with Crippen LogP contribution in [0.25, 0.3) is 0 Å². The highest BCUT2D eigenvalue weighted by molar-refractivity contribution is 7.99. The predicted octanol–water partition coefficient (Wildman–Crippen LogP) is 3.19. The molecule has 1 heterocycles. The van der Waals surface area contributed by atoms with E-state index in [1.165, 1.54) is 11.8 Å². The summed E-state index contributed by atoms with van der Waals surface area (Å²) < 4.78 is 4.92. The van der Waals surface area contributed by atoms with Crippen molar-refractivity contribution in [3.63, 3.8) is 0 Å². The number of hydrogen-bond acceptors (Lipinski definition) is 5. The lowest BCUT2D eigenvalue weighted by molar-refractivity contribution is -0.113. The van der Waals surface area contributed by atoms with E-state index >= 15 is 0 Å². The van der Waals surface area contributed by atoms with Crippen molar-refractivity contribution >= 4 is 29.3 Å². The quantitative estimate of drug-likeness (QED) is 0.593. The van der Waals surface area contributed by atoms with Crippen molar-refractivity contribution in [1.82, 2.24) is 9.97 Å². The number of hydrogen-bond donors (Lipinski definition) is 2. The van der Waals surface area contributed by atoms with Crippen LogP contribution >= 0.6 is 11.8 Å². The summed E-state index contributed by atoms with van der Waals surface area (Å²) in [7, 11) is 0. The van der Waals surface area contributed by atoms with E-state index in [1.54, 1.807) is 31.2 Å². The highest BCUT2D eigenvalue weighted by Crippen LogP contribution is 2.18. The summed E-state index contributed by atoms with van der Waals surface area (Å²) in [6.07, 6.45) is 0.863. The molecule has 0 aliphatic carbocycles. The molecule has 0 unspecified atom stereocenters. The van der Waals surface area contributed by atoms with Crippen molar-refractivity contribution in [3.05, 3.63) is 41.2 Å². The van der Waals surface area contributed by atoms with E-state index < -0.39 is 0 Å². The Bertz CT molecular complexity index is 710. The second kappa shape index (κ2) is 8.54. The van der Waals surface area contributed by atoms with Gasteiger partial charge in [0.2, 0.25) is 5.91 Å². The van der Waals surface area contributed by atoms with Gasteiger partial charge in [-0.25, -0.2) is 9.78 Å². The van der Waals surface area contributed by atoms with Crippen LogP contribution in [0.4, 0.5) is 5.69 Å². The molecule has 0 saturated carbocycles. The number of thioether (sulfide) groups is 1. The minimum atomic E-state index is -0.370. The maximum absolute atomic E-state index is 12.0. The number of imidazole rings is 1. The Morgan fingerprint density at radius 2 is 1.96 bits per heavy atom. The number of aromatic amines is 1. The first-order valence-electron chi connectivity index (χ1n) is 7.78. The Hall–Kier alpha value is -2.28. The second-order valence-electron chi connectivity index (χ2n) is 5.10. The Morgan fingerprint density at radius 3 is 2.54 bits per heavy atom. The molecule has 1 aromatic carbocycles. The number of rotatable bonds is 7. The average Bonchev–Trinajstić information content (AvgIpc) is 2.94. The van der Waals surface area contributed by atoms with E-state index in [4.69, 9.17) is 4.74 Å². The Labute approximate surface area is 145 Å². The second-order valence-corrected chi connectivity index (χ2v) is 6.07.